The molecule has 1 aromatic rings. The van der Waals surface area contributed by atoms with Gasteiger partial charge in [0.25, 0.3) is 0 Å². The van der Waals surface area contributed by atoms with Gasteiger partial charge >= 0.3 is 0 Å². The minimum atomic E-state index is -3.22. The van der Waals surface area contributed by atoms with E-state index in [4.69, 9.17) is 11.6 Å². The van der Waals surface area contributed by atoms with Crippen molar-refractivity contribution in [2.75, 3.05) is 25.4 Å². The summed E-state index contributed by atoms with van der Waals surface area (Å²) in [4.78, 5) is 0. The highest BCUT2D eigenvalue weighted by Gasteiger charge is 2.33. The van der Waals surface area contributed by atoms with Gasteiger partial charge in [0, 0.05) is 24.7 Å². The molecule has 4 nitrogen and oxygen atoms in total. The Balaban J connectivity index is 2.28. The Bertz CT molecular complexity index is 548. The maximum Gasteiger partial charge on any atom is 0.214 e. The molecule has 112 valence electrons. The number of unbranched alkanes of at least 4 members (excludes halogenated alkanes) is 1. The molecule has 0 bridgehead atoms. The molecule has 1 heterocycles. The molecule has 1 N–H and O–H groups in total. The lowest BCUT2D eigenvalue weighted by Gasteiger charge is -2.35. The summed E-state index contributed by atoms with van der Waals surface area (Å²) in [7, 11) is -3.22. The molecule has 0 aromatic heterocycles. The van der Waals surface area contributed by atoms with Crippen LogP contribution in [-0.2, 0) is 10.0 Å². The van der Waals surface area contributed by atoms with Gasteiger partial charge in [-0.05, 0) is 18.1 Å². The molecule has 1 aliphatic heterocycles. The number of hydrogen-bond acceptors (Lipinski definition) is 3. The molecular weight excluding hydrogens is 296 g/mol. The Hall–Kier alpha value is -0.620. The van der Waals surface area contributed by atoms with E-state index in [2.05, 4.69) is 5.32 Å². The number of nitrogens with one attached hydrogen (secondary N) is 1. The van der Waals surface area contributed by atoms with Crippen LogP contribution in [0, 0.1) is 0 Å². The van der Waals surface area contributed by atoms with Crippen molar-refractivity contribution in [3.05, 3.63) is 34.9 Å². The van der Waals surface area contributed by atoms with Gasteiger partial charge in [0.05, 0.1) is 11.8 Å². The molecule has 1 atom stereocenters. The van der Waals surface area contributed by atoms with Gasteiger partial charge < -0.3 is 5.32 Å². The highest BCUT2D eigenvalue weighted by molar-refractivity contribution is 7.89. The number of hydrogen-bond donors (Lipinski definition) is 1. The second kappa shape index (κ2) is 6.89. The second-order valence-corrected chi connectivity index (χ2v) is 7.47. The third kappa shape index (κ3) is 3.52. The molecular formula is C14H21ClN2O2S. The van der Waals surface area contributed by atoms with Crippen LogP contribution < -0.4 is 5.32 Å². The van der Waals surface area contributed by atoms with Gasteiger partial charge in [0.2, 0.25) is 10.0 Å². The quantitative estimate of drug-likeness (QED) is 0.907. The van der Waals surface area contributed by atoms with Crippen molar-refractivity contribution in [3.8, 4) is 0 Å². The van der Waals surface area contributed by atoms with Crippen molar-refractivity contribution in [3.63, 3.8) is 0 Å². The molecule has 20 heavy (non-hydrogen) atoms. The van der Waals surface area contributed by atoms with E-state index in [1.165, 1.54) is 0 Å². The van der Waals surface area contributed by atoms with Crippen LogP contribution in [0.25, 0.3) is 0 Å². The molecule has 1 saturated heterocycles. The topological polar surface area (TPSA) is 49.4 Å². The van der Waals surface area contributed by atoms with Gasteiger partial charge in [-0.15, -0.1) is 0 Å². The summed E-state index contributed by atoms with van der Waals surface area (Å²) in [5.74, 6) is 0.213. The maximum absolute atomic E-state index is 12.5. The molecule has 0 saturated carbocycles. The summed E-state index contributed by atoms with van der Waals surface area (Å²) in [6, 6.07) is 7.26. The molecule has 0 radical (unpaired) electrons. The lowest BCUT2D eigenvalue weighted by molar-refractivity contribution is 0.271. The average Bonchev–Trinajstić information content (AvgIpc) is 2.46. The summed E-state index contributed by atoms with van der Waals surface area (Å²) in [6.07, 6.45) is 1.57. The van der Waals surface area contributed by atoms with Crippen molar-refractivity contribution in [2.45, 2.75) is 25.8 Å². The van der Waals surface area contributed by atoms with E-state index in [1.807, 2.05) is 31.2 Å². The SMILES string of the molecule is CCCCS(=O)(=O)N1CCNCC1c1ccccc1Cl. The largest absolute Gasteiger partial charge is 0.313 e. The van der Waals surface area contributed by atoms with Crippen molar-refractivity contribution in [1.82, 2.24) is 9.62 Å². The molecule has 1 aliphatic rings. The number of halogens is 1. The van der Waals surface area contributed by atoms with Crippen LogP contribution >= 0.6 is 11.6 Å². The van der Waals surface area contributed by atoms with Crippen LogP contribution in [0.4, 0.5) is 0 Å². The molecule has 1 fully saturated rings. The van der Waals surface area contributed by atoms with Gasteiger partial charge in [-0.3, -0.25) is 0 Å². The van der Waals surface area contributed by atoms with Gasteiger partial charge in [-0.2, -0.15) is 4.31 Å². The van der Waals surface area contributed by atoms with E-state index in [-0.39, 0.29) is 11.8 Å². The van der Waals surface area contributed by atoms with Crippen molar-refractivity contribution in [1.29, 1.82) is 0 Å². The van der Waals surface area contributed by atoms with Crippen LogP contribution in [0.3, 0.4) is 0 Å². The smallest absolute Gasteiger partial charge is 0.214 e. The third-order valence-electron chi connectivity index (χ3n) is 3.57. The number of sulfonamides is 1. The number of piperazine rings is 1. The monoisotopic (exact) mass is 316 g/mol. The number of rotatable bonds is 5. The van der Waals surface area contributed by atoms with Crippen LogP contribution in [0.1, 0.15) is 31.4 Å². The highest BCUT2D eigenvalue weighted by atomic mass is 35.5. The summed E-state index contributed by atoms with van der Waals surface area (Å²) >= 11 is 6.23. The molecule has 0 spiro atoms. The van der Waals surface area contributed by atoms with Gasteiger partial charge in [0.15, 0.2) is 0 Å². The summed E-state index contributed by atoms with van der Waals surface area (Å²) in [5, 5.41) is 3.88. The van der Waals surface area contributed by atoms with Crippen LogP contribution in [0.15, 0.2) is 24.3 Å². The van der Waals surface area contributed by atoms with E-state index >= 15 is 0 Å². The normalized spacial score (nSPS) is 21.0. The highest BCUT2D eigenvalue weighted by Crippen LogP contribution is 2.30. The van der Waals surface area contributed by atoms with Crippen molar-refractivity contribution in [2.24, 2.45) is 0 Å². The maximum atomic E-state index is 12.5. The van der Waals surface area contributed by atoms with E-state index in [0.29, 0.717) is 31.1 Å². The average molecular weight is 317 g/mol. The van der Waals surface area contributed by atoms with Gasteiger partial charge in [-0.25, -0.2) is 8.42 Å². The molecule has 0 aliphatic carbocycles. The Labute approximate surface area is 126 Å². The van der Waals surface area contributed by atoms with E-state index in [9.17, 15) is 8.42 Å². The molecule has 2 rings (SSSR count). The van der Waals surface area contributed by atoms with E-state index < -0.39 is 10.0 Å². The van der Waals surface area contributed by atoms with Gasteiger partial charge in [0.1, 0.15) is 0 Å². The zero-order chi connectivity index (χ0) is 14.6. The number of benzene rings is 1. The Morgan fingerprint density at radius 2 is 2.15 bits per heavy atom. The predicted octanol–water partition coefficient (Wildman–Crippen LogP) is 2.42. The lowest BCUT2D eigenvalue weighted by Crippen LogP contribution is -2.49. The predicted molar refractivity (Wildman–Crippen MR) is 82.5 cm³/mol. The lowest BCUT2D eigenvalue weighted by atomic mass is 10.1. The fourth-order valence-electron chi connectivity index (χ4n) is 2.47. The fourth-order valence-corrected chi connectivity index (χ4v) is 4.57. The van der Waals surface area contributed by atoms with Crippen LogP contribution in [-0.4, -0.2) is 38.1 Å². The minimum absolute atomic E-state index is 0.209. The standard InChI is InChI=1S/C14H21ClN2O2S/c1-2-3-10-20(18,19)17-9-8-16-11-14(17)12-6-4-5-7-13(12)15/h4-7,14,16H,2-3,8-11H2,1H3. The first-order valence-corrected chi connectivity index (χ1v) is 8.99. The molecule has 0 amide bonds. The molecule has 1 aromatic carbocycles. The minimum Gasteiger partial charge on any atom is -0.313 e. The fraction of sp³-hybridized carbons (Fsp3) is 0.571. The first kappa shape index (κ1) is 15.8. The van der Waals surface area contributed by atoms with Crippen molar-refractivity contribution >= 4 is 21.6 Å². The van der Waals surface area contributed by atoms with Gasteiger partial charge in [-0.1, -0.05) is 43.1 Å². The van der Waals surface area contributed by atoms with E-state index in [0.717, 1.165) is 12.0 Å². The zero-order valence-electron chi connectivity index (χ0n) is 11.7. The Kier molecular flexibility index (Phi) is 5.43. The first-order valence-electron chi connectivity index (χ1n) is 7.01. The van der Waals surface area contributed by atoms with Crippen LogP contribution in [0.2, 0.25) is 5.02 Å². The third-order valence-corrected chi connectivity index (χ3v) is 5.87. The van der Waals surface area contributed by atoms with Crippen molar-refractivity contribution < 1.29 is 8.42 Å². The first-order chi connectivity index (χ1) is 9.56. The zero-order valence-corrected chi connectivity index (χ0v) is 13.3. The molecule has 6 heteroatoms. The Morgan fingerprint density at radius 1 is 1.40 bits per heavy atom. The summed E-state index contributed by atoms with van der Waals surface area (Å²) in [6.45, 7) is 3.79. The molecule has 1 unspecified atom stereocenters. The van der Waals surface area contributed by atoms with Crippen LogP contribution in [0.5, 0.6) is 0 Å². The number of nitrogens with zero attached hydrogens (tertiary/aromatic N) is 1. The van der Waals surface area contributed by atoms with E-state index in [1.54, 1.807) is 4.31 Å². The summed E-state index contributed by atoms with van der Waals surface area (Å²) < 4.78 is 26.6. The second-order valence-electron chi connectivity index (χ2n) is 5.02. The Morgan fingerprint density at radius 3 is 2.85 bits per heavy atom. The summed E-state index contributed by atoms with van der Waals surface area (Å²) in [5.41, 5.74) is 0.876.